The van der Waals surface area contributed by atoms with Crippen LogP contribution < -0.4 is 0 Å². The van der Waals surface area contributed by atoms with Gasteiger partial charge in [0.1, 0.15) is 5.82 Å². The Hall–Kier alpha value is -1.78. The molecule has 124 valence electrons. The molecule has 4 heteroatoms. The van der Waals surface area contributed by atoms with E-state index >= 15 is 0 Å². The van der Waals surface area contributed by atoms with Gasteiger partial charge in [0.05, 0.1) is 5.69 Å². The van der Waals surface area contributed by atoms with Crippen molar-refractivity contribution < 1.29 is 4.39 Å². The highest BCUT2D eigenvalue weighted by atomic mass is 32.1. The van der Waals surface area contributed by atoms with Crippen LogP contribution in [0.25, 0.3) is 10.1 Å². The zero-order valence-corrected chi connectivity index (χ0v) is 14.7. The molecule has 3 heterocycles. The van der Waals surface area contributed by atoms with E-state index in [0.29, 0.717) is 5.69 Å². The average molecular weight is 340 g/mol. The van der Waals surface area contributed by atoms with E-state index in [9.17, 15) is 4.39 Å². The predicted molar refractivity (Wildman–Crippen MR) is 98.3 cm³/mol. The van der Waals surface area contributed by atoms with Crippen molar-refractivity contribution in [1.29, 1.82) is 0 Å². The first kappa shape index (κ1) is 15.7. The number of rotatable bonds is 5. The second-order valence-corrected chi connectivity index (χ2v) is 7.61. The lowest BCUT2D eigenvalue weighted by atomic mass is 9.93. The smallest absolute Gasteiger partial charge is 0.145 e. The number of hydrogen-bond acceptors (Lipinski definition) is 3. The summed E-state index contributed by atoms with van der Waals surface area (Å²) in [4.78, 5) is 8.19. The molecular weight excluding hydrogens is 319 g/mol. The first-order valence-electron chi connectivity index (χ1n) is 8.57. The molecule has 2 nitrogen and oxygen atoms in total. The van der Waals surface area contributed by atoms with Gasteiger partial charge in [-0.1, -0.05) is 25.1 Å². The predicted octanol–water partition coefficient (Wildman–Crippen LogP) is 4.84. The third-order valence-corrected chi connectivity index (χ3v) is 6.19. The molecule has 4 rings (SSSR count). The zero-order valence-electron chi connectivity index (χ0n) is 13.8. The number of pyridine rings is 1. The van der Waals surface area contributed by atoms with Gasteiger partial charge in [0.15, 0.2) is 0 Å². The van der Waals surface area contributed by atoms with Gasteiger partial charge in [-0.15, -0.1) is 11.3 Å². The van der Waals surface area contributed by atoms with Gasteiger partial charge in [0, 0.05) is 28.2 Å². The van der Waals surface area contributed by atoms with Crippen LogP contribution in [0.1, 0.15) is 35.4 Å². The minimum absolute atomic E-state index is 0.0336. The number of aromatic nitrogens is 1. The highest BCUT2D eigenvalue weighted by Gasteiger charge is 2.23. The minimum atomic E-state index is -0.214. The molecule has 0 bridgehead atoms. The monoisotopic (exact) mass is 340 g/mol. The molecule has 1 saturated heterocycles. The van der Waals surface area contributed by atoms with E-state index in [1.54, 1.807) is 12.3 Å². The summed E-state index contributed by atoms with van der Waals surface area (Å²) in [6, 6.07) is 11.6. The van der Waals surface area contributed by atoms with Gasteiger partial charge < -0.3 is 4.90 Å². The highest BCUT2D eigenvalue weighted by molar-refractivity contribution is 7.19. The van der Waals surface area contributed by atoms with Crippen molar-refractivity contribution in [2.24, 2.45) is 0 Å². The summed E-state index contributed by atoms with van der Waals surface area (Å²) in [6.45, 7) is 5.60. The summed E-state index contributed by atoms with van der Waals surface area (Å²) < 4.78 is 15.6. The Kier molecular flexibility index (Phi) is 4.33. The Labute approximate surface area is 146 Å². The van der Waals surface area contributed by atoms with Gasteiger partial charge in [-0.25, -0.2) is 4.39 Å². The van der Waals surface area contributed by atoms with Crippen LogP contribution in [0.3, 0.4) is 0 Å². The van der Waals surface area contributed by atoms with Crippen LogP contribution >= 0.6 is 11.3 Å². The van der Waals surface area contributed by atoms with Gasteiger partial charge in [0.25, 0.3) is 0 Å². The summed E-state index contributed by atoms with van der Waals surface area (Å²) in [5.41, 5.74) is 1.81. The van der Waals surface area contributed by atoms with Gasteiger partial charge in [-0.3, -0.25) is 4.98 Å². The van der Waals surface area contributed by atoms with Crippen LogP contribution in [0.5, 0.6) is 0 Å². The Morgan fingerprint density at radius 2 is 2.04 bits per heavy atom. The SMILES string of the molecule is C[C@@H](c1ncccc1F)c1c(CCN2CCC2)sc2ccccc12. The molecule has 0 aliphatic carbocycles. The van der Waals surface area contributed by atoms with E-state index in [2.05, 4.69) is 41.1 Å². The van der Waals surface area contributed by atoms with Crippen molar-refractivity contribution in [3.63, 3.8) is 0 Å². The number of benzene rings is 1. The standard InChI is InChI=1S/C20H21FN2S/c1-14(20-16(21)7-4-10-22-20)19-15-6-2-3-8-17(15)24-18(19)9-13-23-11-5-12-23/h2-4,6-8,10,14H,5,9,11-13H2,1H3/t14-/m1/s1. The van der Waals surface area contributed by atoms with E-state index in [0.717, 1.165) is 13.0 Å². The third kappa shape index (κ3) is 2.85. The molecule has 0 unspecified atom stereocenters. The lowest BCUT2D eigenvalue weighted by molar-refractivity contribution is 0.184. The molecule has 1 fully saturated rings. The van der Waals surface area contributed by atoms with Crippen molar-refractivity contribution in [2.75, 3.05) is 19.6 Å². The lowest BCUT2D eigenvalue weighted by Crippen LogP contribution is -2.38. The first-order valence-corrected chi connectivity index (χ1v) is 9.39. The van der Waals surface area contributed by atoms with E-state index in [1.165, 1.54) is 46.1 Å². The normalized spacial score (nSPS) is 16.2. The average Bonchev–Trinajstić information content (AvgIpc) is 2.91. The van der Waals surface area contributed by atoms with Crippen LogP contribution in [-0.2, 0) is 6.42 Å². The number of hydrogen-bond donors (Lipinski definition) is 0. The highest BCUT2D eigenvalue weighted by Crippen LogP contribution is 2.39. The van der Waals surface area contributed by atoms with Gasteiger partial charge in [-0.05, 0) is 55.1 Å². The Bertz CT molecular complexity index is 854. The fraction of sp³-hybridized carbons (Fsp3) is 0.350. The molecular formula is C20H21FN2S. The molecule has 0 N–H and O–H groups in total. The van der Waals surface area contributed by atoms with E-state index < -0.39 is 0 Å². The van der Waals surface area contributed by atoms with E-state index in [4.69, 9.17) is 0 Å². The fourth-order valence-electron chi connectivity index (χ4n) is 3.49. The largest absolute Gasteiger partial charge is 0.303 e. The molecule has 0 spiro atoms. The summed E-state index contributed by atoms with van der Waals surface area (Å²) in [6.07, 6.45) is 4.03. The van der Waals surface area contributed by atoms with Crippen LogP contribution in [0.4, 0.5) is 4.39 Å². The number of thiophene rings is 1. The fourth-order valence-corrected chi connectivity index (χ4v) is 4.78. The van der Waals surface area contributed by atoms with Gasteiger partial charge >= 0.3 is 0 Å². The van der Waals surface area contributed by atoms with E-state index in [1.807, 2.05) is 11.3 Å². The van der Waals surface area contributed by atoms with Gasteiger partial charge in [0.2, 0.25) is 0 Å². The van der Waals surface area contributed by atoms with Crippen molar-refractivity contribution >= 4 is 21.4 Å². The van der Waals surface area contributed by atoms with Crippen LogP contribution in [0, 0.1) is 5.82 Å². The molecule has 1 aromatic carbocycles. The maximum atomic E-state index is 14.3. The topological polar surface area (TPSA) is 16.1 Å². The molecule has 2 aromatic heterocycles. The van der Waals surface area contributed by atoms with Crippen LogP contribution in [-0.4, -0.2) is 29.5 Å². The molecule has 3 aromatic rings. The molecule has 1 atom stereocenters. The summed E-state index contributed by atoms with van der Waals surface area (Å²) in [7, 11) is 0. The molecule has 24 heavy (non-hydrogen) atoms. The van der Waals surface area contributed by atoms with Crippen molar-refractivity contribution in [3.8, 4) is 0 Å². The molecule has 1 aliphatic rings. The minimum Gasteiger partial charge on any atom is -0.303 e. The maximum Gasteiger partial charge on any atom is 0.145 e. The maximum absolute atomic E-state index is 14.3. The van der Waals surface area contributed by atoms with Crippen molar-refractivity contribution in [1.82, 2.24) is 9.88 Å². The molecule has 0 radical (unpaired) electrons. The van der Waals surface area contributed by atoms with Gasteiger partial charge in [-0.2, -0.15) is 0 Å². The number of nitrogens with zero attached hydrogens (tertiary/aromatic N) is 2. The van der Waals surface area contributed by atoms with Crippen LogP contribution in [0.2, 0.25) is 0 Å². The second kappa shape index (κ2) is 6.61. The Morgan fingerprint density at radius 1 is 1.21 bits per heavy atom. The molecule has 0 amide bonds. The quantitative estimate of drug-likeness (QED) is 0.661. The Balaban J connectivity index is 1.75. The summed E-state index contributed by atoms with van der Waals surface area (Å²) >= 11 is 1.85. The van der Waals surface area contributed by atoms with E-state index in [-0.39, 0.29) is 11.7 Å². The Morgan fingerprint density at radius 3 is 2.79 bits per heavy atom. The summed E-state index contributed by atoms with van der Waals surface area (Å²) in [5.74, 6) is -0.247. The first-order chi connectivity index (χ1) is 11.7. The third-order valence-electron chi connectivity index (χ3n) is 4.94. The van der Waals surface area contributed by atoms with Crippen LogP contribution in [0.15, 0.2) is 42.6 Å². The number of likely N-dealkylation sites (tertiary alicyclic amines) is 1. The number of halogens is 1. The summed E-state index contributed by atoms with van der Waals surface area (Å²) in [5, 5.41) is 1.25. The van der Waals surface area contributed by atoms with Crippen molar-refractivity contribution in [3.05, 3.63) is 64.5 Å². The molecule has 1 aliphatic heterocycles. The zero-order chi connectivity index (χ0) is 16.5. The second-order valence-electron chi connectivity index (χ2n) is 6.47. The lowest BCUT2D eigenvalue weighted by Gasteiger charge is -2.30. The number of fused-ring (bicyclic) bond motifs is 1. The molecule has 0 saturated carbocycles. The van der Waals surface area contributed by atoms with Crippen molar-refractivity contribution in [2.45, 2.75) is 25.7 Å².